The fourth-order valence-corrected chi connectivity index (χ4v) is 1.68. The molecule has 0 saturated carbocycles. The summed E-state index contributed by atoms with van der Waals surface area (Å²) < 4.78 is 0. The van der Waals surface area contributed by atoms with Crippen molar-refractivity contribution in [2.75, 3.05) is 0 Å². The monoisotopic (exact) mass is 269 g/mol. The lowest BCUT2D eigenvalue weighted by molar-refractivity contribution is -0.142. The summed E-state index contributed by atoms with van der Waals surface area (Å²) in [6, 6.07) is 5.42. The van der Waals surface area contributed by atoms with Gasteiger partial charge >= 0.3 is 5.97 Å². The summed E-state index contributed by atoms with van der Waals surface area (Å²) in [4.78, 5) is 23.1. The third-order valence-electron chi connectivity index (χ3n) is 2.48. The molecule has 18 heavy (non-hydrogen) atoms. The number of amides is 1. The van der Waals surface area contributed by atoms with Gasteiger partial charge in [0.25, 0.3) is 5.91 Å². The van der Waals surface area contributed by atoms with Crippen LogP contribution in [0.4, 0.5) is 0 Å². The van der Waals surface area contributed by atoms with E-state index < -0.39 is 23.3 Å². The molecular weight excluding hydrogens is 254 g/mol. The smallest absolute Gasteiger partial charge is 0.326 e. The molecule has 0 fully saturated rings. The molecule has 0 aliphatic heterocycles. The lowest BCUT2D eigenvalue weighted by Gasteiger charge is -2.27. The van der Waals surface area contributed by atoms with Gasteiger partial charge in [-0.3, -0.25) is 4.79 Å². The van der Waals surface area contributed by atoms with Gasteiger partial charge in [0.05, 0.1) is 0 Å². The molecule has 0 unspecified atom stereocenters. The fraction of sp³-hybridized carbons (Fsp3) is 0.385. The molecule has 1 amide bonds. The molecule has 1 aromatic rings. The summed E-state index contributed by atoms with van der Waals surface area (Å²) in [5.41, 5.74) is -0.224. The molecule has 4 nitrogen and oxygen atoms in total. The molecule has 2 N–H and O–H groups in total. The molecule has 1 atom stereocenters. The Morgan fingerprint density at radius 2 is 1.94 bits per heavy atom. The Morgan fingerprint density at radius 1 is 1.33 bits per heavy atom. The Morgan fingerprint density at radius 3 is 2.39 bits per heavy atom. The van der Waals surface area contributed by atoms with E-state index in [1.165, 1.54) is 6.07 Å². The average Bonchev–Trinajstić information content (AvgIpc) is 2.23. The number of rotatable bonds is 3. The van der Waals surface area contributed by atoms with Crippen molar-refractivity contribution in [3.8, 4) is 0 Å². The second-order valence-electron chi connectivity index (χ2n) is 5.12. The molecule has 0 aromatic heterocycles. The van der Waals surface area contributed by atoms with Crippen molar-refractivity contribution in [2.45, 2.75) is 26.8 Å². The standard InChI is InChI=1S/C13H16ClNO3/c1-13(2,3)10(12(17)18)15-11(16)8-5-4-6-9(14)7-8/h4-7,10H,1-3H3,(H,15,16)(H,17,18)/t10-/m0/s1. The number of carbonyl (C=O) groups excluding carboxylic acids is 1. The Hall–Kier alpha value is -1.55. The van der Waals surface area contributed by atoms with Gasteiger partial charge in [-0.1, -0.05) is 38.4 Å². The molecule has 0 bridgehead atoms. The van der Waals surface area contributed by atoms with Gasteiger partial charge in [-0.2, -0.15) is 0 Å². The van der Waals surface area contributed by atoms with Crippen molar-refractivity contribution in [1.82, 2.24) is 5.32 Å². The fourth-order valence-electron chi connectivity index (χ4n) is 1.49. The number of benzene rings is 1. The van der Waals surface area contributed by atoms with Gasteiger partial charge in [-0.05, 0) is 23.6 Å². The minimum atomic E-state index is -1.06. The molecule has 0 radical (unpaired) electrons. The van der Waals surface area contributed by atoms with Gasteiger partial charge in [0.1, 0.15) is 6.04 Å². The Balaban J connectivity index is 2.89. The summed E-state index contributed by atoms with van der Waals surface area (Å²) in [7, 11) is 0. The van der Waals surface area contributed by atoms with Crippen LogP contribution in [-0.2, 0) is 4.79 Å². The van der Waals surface area contributed by atoms with Crippen molar-refractivity contribution < 1.29 is 14.7 Å². The van der Waals surface area contributed by atoms with Crippen molar-refractivity contribution in [3.05, 3.63) is 34.9 Å². The van der Waals surface area contributed by atoms with E-state index >= 15 is 0 Å². The lowest BCUT2D eigenvalue weighted by atomic mass is 9.86. The molecular formula is C13H16ClNO3. The van der Waals surface area contributed by atoms with E-state index in [4.69, 9.17) is 16.7 Å². The van der Waals surface area contributed by atoms with Crippen LogP contribution < -0.4 is 5.32 Å². The normalized spacial score (nSPS) is 12.9. The number of hydrogen-bond acceptors (Lipinski definition) is 2. The third kappa shape index (κ3) is 3.74. The van der Waals surface area contributed by atoms with Gasteiger partial charge in [-0.25, -0.2) is 4.79 Å². The minimum absolute atomic E-state index is 0.345. The van der Waals surface area contributed by atoms with E-state index in [2.05, 4.69) is 5.32 Å². The van der Waals surface area contributed by atoms with Crippen molar-refractivity contribution in [3.63, 3.8) is 0 Å². The highest BCUT2D eigenvalue weighted by Crippen LogP contribution is 2.20. The van der Waals surface area contributed by atoms with Crippen LogP contribution in [0, 0.1) is 5.41 Å². The summed E-state index contributed by atoms with van der Waals surface area (Å²) in [5.74, 6) is -1.50. The Bertz CT molecular complexity index is 466. The van der Waals surface area contributed by atoms with Crippen LogP contribution in [0.15, 0.2) is 24.3 Å². The Kier molecular flexibility index (Phi) is 4.35. The van der Waals surface area contributed by atoms with Crippen LogP contribution in [0.2, 0.25) is 5.02 Å². The number of hydrogen-bond donors (Lipinski definition) is 2. The van der Waals surface area contributed by atoms with Crippen LogP contribution in [0.3, 0.4) is 0 Å². The third-order valence-corrected chi connectivity index (χ3v) is 2.71. The summed E-state index contributed by atoms with van der Waals surface area (Å²) >= 11 is 5.78. The first-order valence-electron chi connectivity index (χ1n) is 5.51. The molecule has 0 spiro atoms. The predicted octanol–water partition coefficient (Wildman–Crippen LogP) is 2.57. The highest BCUT2D eigenvalue weighted by Gasteiger charge is 2.32. The summed E-state index contributed by atoms with van der Waals surface area (Å²) in [5, 5.41) is 12.1. The van der Waals surface area contributed by atoms with Gasteiger partial charge in [0, 0.05) is 10.6 Å². The van der Waals surface area contributed by atoms with Crippen LogP contribution in [0.25, 0.3) is 0 Å². The highest BCUT2D eigenvalue weighted by molar-refractivity contribution is 6.30. The number of halogens is 1. The van der Waals surface area contributed by atoms with E-state index in [-0.39, 0.29) is 0 Å². The van der Waals surface area contributed by atoms with Gasteiger partial charge in [0.2, 0.25) is 0 Å². The van der Waals surface area contributed by atoms with Crippen LogP contribution in [-0.4, -0.2) is 23.0 Å². The lowest BCUT2D eigenvalue weighted by Crippen LogP contribution is -2.49. The van der Waals surface area contributed by atoms with E-state index in [1.54, 1.807) is 39.0 Å². The van der Waals surface area contributed by atoms with Crippen molar-refractivity contribution in [2.24, 2.45) is 5.41 Å². The largest absolute Gasteiger partial charge is 0.480 e. The first-order chi connectivity index (χ1) is 8.21. The quantitative estimate of drug-likeness (QED) is 0.886. The molecule has 1 rings (SSSR count). The van der Waals surface area contributed by atoms with Crippen LogP contribution in [0.5, 0.6) is 0 Å². The zero-order valence-electron chi connectivity index (χ0n) is 10.5. The summed E-state index contributed by atoms with van der Waals surface area (Å²) in [6.45, 7) is 5.26. The molecule has 0 aliphatic carbocycles. The maximum absolute atomic E-state index is 11.9. The van der Waals surface area contributed by atoms with Gasteiger partial charge in [-0.15, -0.1) is 0 Å². The van der Waals surface area contributed by atoms with Gasteiger partial charge in [0.15, 0.2) is 0 Å². The first kappa shape index (κ1) is 14.5. The number of carboxylic acid groups (broad SMARTS) is 1. The summed E-state index contributed by atoms with van der Waals surface area (Å²) in [6.07, 6.45) is 0. The predicted molar refractivity (Wildman–Crippen MR) is 69.8 cm³/mol. The van der Waals surface area contributed by atoms with Crippen LogP contribution in [0.1, 0.15) is 31.1 Å². The second kappa shape index (κ2) is 5.40. The first-order valence-corrected chi connectivity index (χ1v) is 5.89. The minimum Gasteiger partial charge on any atom is -0.480 e. The molecule has 0 aliphatic rings. The highest BCUT2D eigenvalue weighted by atomic mass is 35.5. The molecule has 98 valence electrons. The average molecular weight is 270 g/mol. The molecule has 5 heteroatoms. The number of carboxylic acids is 1. The van der Waals surface area contributed by atoms with Gasteiger partial charge < -0.3 is 10.4 Å². The number of nitrogens with one attached hydrogen (secondary N) is 1. The van der Waals surface area contributed by atoms with E-state index in [0.717, 1.165) is 0 Å². The van der Waals surface area contributed by atoms with Crippen molar-refractivity contribution in [1.29, 1.82) is 0 Å². The molecule has 1 aromatic carbocycles. The van der Waals surface area contributed by atoms with Crippen molar-refractivity contribution >= 4 is 23.5 Å². The number of aliphatic carboxylic acids is 1. The zero-order valence-corrected chi connectivity index (χ0v) is 11.3. The Labute approximate surface area is 111 Å². The van der Waals surface area contributed by atoms with E-state index in [1.807, 2.05) is 0 Å². The zero-order chi connectivity index (χ0) is 13.9. The number of carbonyl (C=O) groups is 2. The maximum Gasteiger partial charge on any atom is 0.326 e. The topological polar surface area (TPSA) is 66.4 Å². The SMILES string of the molecule is CC(C)(C)[C@@H](NC(=O)c1cccc(Cl)c1)C(=O)O. The maximum atomic E-state index is 11.9. The van der Waals surface area contributed by atoms with Crippen LogP contribution >= 0.6 is 11.6 Å². The molecule has 0 heterocycles. The van der Waals surface area contributed by atoms with E-state index in [9.17, 15) is 9.59 Å². The second-order valence-corrected chi connectivity index (χ2v) is 5.56. The van der Waals surface area contributed by atoms with E-state index in [0.29, 0.717) is 10.6 Å². The molecule has 0 saturated heterocycles.